The highest BCUT2D eigenvalue weighted by Crippen LogP contribution is 2.04. The van der Waals surface area contributed by atoms with Crippen molar-refractivity contribution in [3.63, 3.8) is 0 Å². The van der Waals surface area contributed by atoms with Crippen molar-refractivity contribution in [3.8, 4) is 0 Å². The Bertz CT molecular complexity index is 903. The summed E-state index contributed by atoms with van der Waals surface area (Å²) in [6, 6.07) is 12.9. The fourth-order valence-electron chi connectivity index (χ4n) is 2.49. The Morgan fingerprint density at radius 2 is 1.96 bits per heavy atom. The van der Waals surface area contributed by atoms with Gasteiger partial charge in [-0.25, -0.2) is 0 Å². The van der Waals surface area contributed by atoms with E-state index in [9.17, 15) is 9.59 Å². The Morgan fingerprint density at radius 3 is 2.80 bits per heavy atom. The monoisotopic (exact) mass is 337 g/mol. The standard InChI is InChI=1S/C18H19N5O2/c1-13-5-4-6-14(11-13)18(25)20-12-17(24)19-9-8-16-22-21-15-7-2-3-10-23(15)16/h2-7,10-11H,8-9,12H2,1H3,(H,19,24)(H,20,25). The second-order valence-electron chi connectivity index (χ2n) is 5.70. The quantitative estimate of drug-likeness (QED) is 0.706. The van der Waals surface area contributed by atoms with Gasteiger partial charge in [-0.15, -0.1) is 10.2 Å². The number of hydrogen-bond donors (Lipinski definition) is 2. The van der Waals surface area contributed by atoms with Crippen LogP contribution in [-0.4, -0.2) is 39.5 Å². The maximum atomic E-state index is 12.0. The van der Waals surface area contributed by atoms with Crippen molar-refractivity contribution in [2.45, 2.75) is 13.3 Å². The van der Waals surface area contributed by atoms with Gasteiger partial charge in [0.25, 0.3) is 5.91 Å². The van der Waals surface area contributed by atoms with E-state index in [1.165, 1.54) is 0 Å². The van der Waals surface area contributed by atoms with Crippen molar-refractivity contribution in [2.24, 2.45) is 0 Å². The van der Waals surface area contributed by atoms with E-state index in [0.717, 1.165) is 17.0 Å². The van der Waals surface area contributed by atoms with Crippen molar-refractivity contribution < 1.29 is 9.59 Å². The SMILES string of the molecule is Cc1cccc(C(=O)NCC(=O)NCCc2nnc3ccccn23)c1. The van der Waals surface area contributed by atoms with Crippen LogP contribution in [0.15, 0.2) is 48.7 Å². The molecular formula is C18H19N5O2. The summed E-state index contributed by atoms with van der Waals surface area (Å²) in [4.78, 5) is 23.9. The van der Waals surface area contributed by atoms with Crippen LogP contribution in [-0.2, 0) is 11.2 Å². The zero-order valence-electron chi connectivity index (χ0n) is 13.9. The molecule has 7 heteroatoms. The third kappa shape index (κ3) is 4.20. The number of carbonyl (C=O) groups excluding carboxylic acids is 2. The highest BCUT2D eigenvalue weighted by Gasteiger charge is 2.09. The molecule has 0 atom stereocenters. The van der Waals surface area contributed by atoms with Crippen molar-refractivity contribution in [2.75, 3.05) is 13.1 Å². The van der Waals surface area contributed by atoms with Gasteiger partial charge in [-0.2, -0.15) is 0 Å². The molecule has 0 unspecified atom stereocenters. The Balaban J connectivity index is 1.44. The summed E-state index contributed by atoms with van der Waals surface area (Å²) in [5.74, 6) is 0.275. The summed E-state index contributed by atoms with van der Waals surface area (Å²) >= 11 is 0. The minimum atomic E-state index is -0.262. The van der Waals surface area contributed by atoms with E-state index in [1.54, 1.807) is 12.1 Å². The molecule has 3 aromatic rings. The molecule has 0 fully saturated rings. The second kappa shape index (κ2) is 7.57. The number of nitrogens with one attached hydrogen (secondary N) is 2. The fourth-order valence-corrected chi connectivity index (χ4v) is 2.49. The van der Waals surface area contributed by atoms with E-state index in [2.05, 4.69) is 20.8 Å². The Kier molecular flexibility index (Phi) is 5.03. The van der Waals surface area contributed by atoms with Crippen LogP contribution in [0.3, 0.4) is 0 Å². The van der Waals surface area contributed by atoms with Gasteiger partial charge < -0.3 is 10.6 Å². The number of aromatic nitrogens is 3. The topological polar surface area (TPSA) is 88.4 Å². The zero-order valence-corrected chi connectivity index (χ0v) is 13.9. The van der Waals surface area contributed by atoms with E-state index in [-0.39, 0.29) is 18.4 Å². The van der Waals surface area contributed by atoms with Crippen molar-refractivity contribution in [1.82, 2.24) is 25.2 Å². The van der Waals surface area contributed by atoms with Gasteiger partial charge >= 0.3 is 0 Å². The van der Waals surface area contributed by atoms with Gasteiger partial charge in [-0.3, -0.25) is 14.0 Å². The molecule has 2 aromatic heterocycles. The molecule has 0 saturated heterocycles. The normalized spacial score (nSPS) is 10.6. The first-order valence-corrected chi connectivity index (χ1v) is 8.04. The molecule has 0 bridgehead atoms. The van der Waals surface area contributed by atoms with Crippen LogP contribution < -0.4 is 10.6 Å². The van der Waals surface area contributed by atoms with Crippen LogP contribution in [0, 0.1) is 6.92 Å². The molecular weight excluding hydrogens is 318 g/mol. The molecule has 25 heavy (non-hydrogen) atoms. The number of carbonyl (C=O) groups is 2. The number of pyridine rings is 1. The maximum absolute atomic E-state index is 12.0. The average molecular weight is 337 g/mol. The van der Waals surface area contributed by atoms with E-state index < -0.39 is 0 Å². The van der Waals surface area contributed by atoms with E-state index >= 15 is 0 Å². The van der Waals surface area contributed by atoms with Gasteiger partial charge in [-0.1, -0.05) is 23.8 Å². The number of amides is 2. The molecule has 0 spiro atoms. The lowest BCUT2D eigenvalue weighted by molar-refractivity contribution is -0.120. The van der Waals surface area contributed by atoms with Crippen LogP contribution >= 0.6 is 0 Å². The lowest BCUT2D eigenvalue weighted by atomic mass is 10.1. The zero-order chi connectivity index (χ0) is 17.6. The van der Waals surface area contributed by atoms with Gasteiger partial charge in [0, 0.05) is 24.7 Å². The van der Waals surface area contributed by atoms with E-state index in [1.807, 2.05) is 47.9 Å². The summed E-state index contributed by atoms with van der Waals surface area (Å²) in [7, 11) is 0. The summed E-state index contributed by atoms with van der Waals surface area (Å²) in [6.45, 7) is 2.28. The summed E-state index contributed by atoms with van der Waals surface area (Å²) in [6.07, 6.45) is 2.44. The molecule has 2 heterocycles. The molecule has 128 valence electrons. The molecule has 0 radical (unpaired) electrons. The number of benzene rings is 1. The average Bonchev–Trinajstić information content (AvgIpc) is 3.03. The van der Waals surface area contributed by atoms with Crippen molar-refractivity contribution in [1.29, 1.82) is 0 Å². The molecule has 7 nitrogen and oxygen atoms in total. The second-order valence-corrected chi connectivity index (χ2v) is 5.70. The van der Waals surface area contributed by atoms with Gasteiger partial charge in [0.1, 0.15) is 5.82 Å². The smallest absolute Gasteiger partial charge is 0.251 e. The van der Waals surface area contributed by atoms with E-state index in [4.69, 9.17) is 0 Å². The summed E-state index contributed by atoms with van der Waals surface area (Å²) in [5.41, 5.74) is 2.31. The van der Waals surface area contributed by atoms with E-state index in [0.29, 0.717) is 18.5 Å². The highest BCUT2D eigenvalue weighted by atomic mass is 16.2. The first kappa shape index (κ1) is 16.6. The van der Waals surface area contributed by atoms with Crippen LogP contribution in [0.2, 0.25) is 0 Å². The predicted molar refractivity (Wildman–Crippen MR) is 93.2 cm³/mol. The van der Waals surface area contributed by atoms with Gasteiger partial charge in [0.05, 0.1) is 6.54 Å². The number of fused-ring (bicyclic) bond motifs is 1. The predicted octanol–water partition coefficient (Wildman–Crippen LogP) is 1.13. The maximum Gasteiger partial charge on any atom is 0.251 e. The van der Waals surface area contributed by atoms with Gasteiger partial charge in [0.2, 0.25) is 5.91 Å². The third-order valence-corrected chi connectivity index (χ3v) is 3.74. The molecule has 1 aromatic carbocycles. The molecule has 0 aliphatic heterocycles. The number of aryl methyl sites for hydroxylation is 1. The van der Waals surface area contributed by atoms with Crippen molar-refractivity contribution in [3.05, 3.63) is 65.6 Å². The Hall–Kier alpha value is -3.22. The Labute approximate surface area is 145 Å². The summed E-state index contributed by atoms with van der Waals surface area (Å²) < 4.78 is 1.88. The molecule has 2 amide bonds. The number of nitrogens with zero attached hydrogens (tertiary/aromatic N) is 3. The van der Waals surface area contributed by atoms with Crippen LogP contribution in [0.4, 0.5) is 0 Å². The summed E-state index contributed by atoms with van der Waals surface area (Å²) in [5, 5.41) is 13.6. The van der Waals surface area contributed by atoms with Crippen LogP contribution in [0.25, 0.3) is 5.65 Å². The minimum Gasteiger partial charge on any atom is -0.354 e. The molecule has 0 saturated carbocycles. The molecule has 0 aliphatic rings. The van der Waals surface area contributed by atoms with Gasteiger partial charge in [-0.05, 0) is 31.2 Å². The minimum absolute atomic E-state index is 0.0621. The molecule has 3 rings (SSSR count). The van der Waals surface area contributed by atoms with Crippen LogP contribution in [0.5, 0.6) is 0 Å². The first-order valence-electron chi connectivity index (χ1n) is 8.04. The lowest BCUT2D eigenvalue weighted by Crippen LogP contribution is -2.37. The highest BCUT2D eigenvalue weighted by molar-refractivity contribution is 5.96. The first-order chi connectivity index (χ1) is 12.1. The number of rotatable bonds is 6. The lowest BCUT2D eigenvalue weighted by Gasteiger charge is -2.07. The third-order valence-electron chi connectivity index (χ3n) is 3.74. The Morgan fingerprint density at radius 1 is 1.08 bits per heavy atom. The largest absolute Gasteiger partial charge is 0.354 e. The molecule has 2 N–H and O–H groups in total. The number of hydrogen-bond acceptors (Lipinski definition) is 4. The van der Waals surface area contributed by atoms with Crippen molar-refractivity contribution >= 4 is 17.5 Å². The van der Waals surface area contributed by atoms with Gasteiger partial charge in [0.15, 0.2) is 5.65 Å². The fraction of sp³-hybridized carbons (Fsp3) is 0.222. The molecule has 0 aliphatic carbocycles. The van der Waals surface area contributed by atoms with Crippen LogP contribution in [0.1, 0.15) is 21.7 Å².